The average molecular weight is 284 g/mol. The Labute approximate surface area is 124 Å². The number of nitrogens with zero attached hydrogens (tertiary/aromatic N) is 2. The van der Waals surface area contributed by atoms with Crippen molar-refractivity contribution in [2.45, 2.75) is 19.3 Å². The van der Waals surface area contributed by atoms with E-state index in [1.54, 1.807) is 6.33 Å². The van der Waals surface area contributed by atoms with Crippen molar-refractivity contribution in [2.75, 3.05) is 19.6 Å². The van der Waals surface area contributed by atoms with Crippen LogP contribution in [0.4, 0.5) is 4.79 Å². The highest BCUT2D eigenvalue weighted by Crippen LogP contribution is 2.11. The van der Waals surface area contributed by atoms with Gasteiger partial charge in [-0.1, -0.05) is 30.3 Å². The molecule has 5 nitrogen and oxygen atoms in total. The molecule has 1 aromatic carbocycles. The monoisotopic (exact) mass is 284 g/mol. The summed E-state index contributed by atoms with van der Waals surface area (Å²) in [6, 6.07) is 10.2. The molecule has 2 amide bonds. The minimum atomic E-state index is 0.0242. The van der Waals surface area contributed by atoms with Crippen LogP contribution in [0.5, 0.6) is 0 Å². The molecule has 1 aliphatic heterocycles. The highest BCUT2D eigenvalue weighted by molar-refractivity contribution is 5.74. The molecule has 0 saturated heterocycles. The van der Waals surface area contributed by atoms with E-state index in [0.717, 1.165) is 43.7 Å². The van der Waals surface area contributed by atoms with Gasteiger partial charge in [-0.25, -0.2) is 9.78 Å². The topological polar surface area (TPSA) is 61.0 Å². The molecular weight excluding hydrogens is 264 g/mol. The molecular formula is C16H20N4O. The number of hydrogen-bond donors (Lipinski definition) is 2. The van der Waals surface area contributed by atoms with Crippen molar-refractivity contribution < 1.29 is 4.79 Å². The molecule has 0 saturated carbocycles. The van der Waals surface area contributed by atoms with E-state index in [1.807, 2.05) is 23.1 Å². The second kappa shape index (κ2) is 6.43. The predicted octanol–water partition coefficient (Wildman–Crippen LogP) is 1.76. The van der Waals surface area contributed by atoms with Crippen LogP contribution in [0.15, 0.2) is 36.7 Å². The van der Waals surface area contributed by atoms with E-state index >= 15 is 0 Å². The van der Waals surface area contributed by atoms with Crippen LogP contribution in [-0.2, 0) is 19.3 Å². The molecule has 0 spiro atoms. The molecule has 1 aliphatic rings. The maximum atomic E-state index is 12.2. The maximum absolute atomic E-state index is 12.2. The Balaban J connectivity index is 1.47. The minimum Gasteiger partial charge on any atom is -0.348 e. The van der Waals surface area contributed by atoms with Gasteiger partial charge in [0.1, 0.15) is 0 Å². The Hall–Kier alpha value is -2.30. The summed E-state index contributed by atoms with van der Waals surface area (Å²) in [5.74, 6) is 0. The first kappa shape index (κ1) is 13.7. The Morgan fingerprint density at radius 3 is 2.90 bits per heavy atom. The van der Waals surface area contributed by atoms with Crippen LogP contribution in [0.25, 0.3) is 0 Å². The summed E-state index contributed by atoms with van der Waals surface area (Å²) in [4.78, 5) is 21.5. The number of hydrogen-bond acceptors (Lipinski definition) is 2. The summed E-state index contributed by atoms with van der Waals surface area (Å²) >= 11 is 0. The number of carbonyl (C=O) groups excluding carboxylic acids is 1. The molecule has 5 heteroatoms. The van der Waals surface area contributed by atoms with Gasteiger partial charge in [0.05, 0.1) is 12.0 Å². The molecule has 0 radical (unpaired) electrons. The third kappa shape index (κ3) is 3.42. The van der Waals surface area contributed by atoms with E-state index in [9.17, 15) is 4.79 Å². The molecule has 0 aliphatic carbocycles. The van der Waals surface area contributed by atoms with Crippen molar-refractivity contribution in [2.24, 2.45) is 0 Å². The summed E-state index contributed by atoms with van der Waals surface area (Å²) in [5, 5.41) is 3.00. The number of amides is 2. The Morgan fingerprint density at radius 2 is 2.05 bits per heavy atom. The van der Waals surface area contributed by atoms with Crippen molar-refractivity contribution >= 4 is 6.03 Å². The highest BCUT2D eigenvalue weighted by Gasteiger charge is 2.19. The van der Waals surface area contributed by atoms with Crippen LogP contribution in [0.3, 0.4) is 0 Å². The van der Waals surface area contributed by atoms with Crippen molar-refractivity contribution in [3.8, 4) is 0 Å². The van der Waals surface area contributed by atoms with E-state index < -0.39 is 0 Å². The van der Waals surface area contributed by atoms with E-state index in [1.165, 1.54) is 5.56 Å². The van der Waals surface area contributed by atoms with Gasteiger partial charge in [0.15, 0.2) is 0 Å². The van der Waals surface area contributed by atoms with Gasteiger partial charge < -0.3 is 15.2 Å². The van der Waals surface area contributed by atoms with Gasteiger partial charge in [-0.2, -0.15) is 0 Å². The van der Waals surface area contributed by atoms with Crippen molar-refractivity contribution in [3.05, 3.63) is 53.6 Å². The normalized spacial score (nSPS) is 14.4. The van der Waals surface area contributed by atoms with Gasteiger partial charge in [0.25, 0.3) is 0 Å². The SMILES string of the molecule is O=C(NCCc1ccccc1)N1CCc2nc[nH]c2CC1. The lowest BCUT2D eigenvalue weighted by Gasteiger charge is -2.20. The number of rotatable bonds is 3. The molecule has 110 valence electrons. The zero-order valence-corrected chi connectivity index (χ0v) is 12.0. The Kier molecular flexibility index (Phi) is 4.19. The number of imidazole rings is 1. The molecule has 0 bridgehead atoms. The summed E-state index contributed by atoms with van der Waals surface area (Å²) in [7, 11) is 0. The first-order chi connectivity index (χ1) is 10.3. The maximum Gasteiger partial charge on any atom is 0.317 e. The second-order valence-electron chi connectivity index (χ2n) is 5.28. The van der Waals surface area contributed by atoms with Gasteiger partial charge in [-0.05, 0) is 12.0 Å². The fourth-order valence-electron chi connectivity index (χ4n) is 2.65. The fourth-order valence-corrected chi connectivity index (χ4v) is 2.65. The zero-order chi connectivity index (χ0) is 14.5. The average Bonchev–Trinajstić information content (AvgIpc) is 2.87. The van der Waals surface area contributed by atoms with Crippen LogP contribution in [0.2, 0.25) is 0 Å². The number of nitrogens with one attached hydrogen (secondary N) is 2. The molecule has 3 rings (SSSR count). The Morgan fingerprint density at radius 1 is 1.24 bits per heavy atom. The number of fused-ring (bicyclic) bond motifs is 1. The lowest BCUT2D eigenvalue weighted by Crippen LogP contribution is -2.42. The highest BCUT2D eigenvalue weighted by atomic mass is 16.2. The third-order valence-electron chi connectivity index (χ3n) is 3.88. The lowest BCUT2D eigenvalue weighted by atomic mass is 10.1. The molecule has 21 heavy (non-hydrogen) atoms. The van der Waals surface area contributed by atoms with Gasteiger partial charge in [-0.15, -0.1) is 0 Å². The molecule has 0 fully saturated rings. The van der Waals surface area contributed by atoms with Crippen LogP contribution in [0.1, 0.15) is 17.0 Å². The van der Waals surface area contributed by atoms with Crippen LogP contribution < -0.4 is 5.32 Å². The summed E-state index contributed by atoms with van der Waals surface area (Å²) in [6.45, 7) is 2.14. The van der Waals surface area contributed by atoms with Gasteiger partial charge in [0, 0.05) is 38.2 Å². The molecule has 0 unspecified atom stereocenters. The van der Waals surface area contributed by atoms with Gasteiger partial charge >= 0.3 is 6.03 Å². The smallest absolute Gasteiger partial charge is 0.317 e. The first-order valence-electron chi connectivity index (χ1n) is 7.41. The summed E-state index contributed by atoms with van der Waals surface area (Å²) < 4.78 is 0. The number of carbonyl (C=O) groups is 1. The minimum absolute atomic E-state index is 0.0242. The van der Waals surface area contributed by atoms with Crippen molar-refractivity contribution in [1.82, 2.24) is 20.2 Å². The van der Waals surface area contributed by atoms with E-state index in [0.29, 0.717) is 6.54 Å². The molecule has 2 heterocycles. The van der Waals surface area contributed by atoms with Crippen molar-refractivity contribution in [3.63, 3.8) is 0 Å². The molecule has 2 N–H and O–H groups in total. The zero-order valence-electron chi connectivity index (χ0n) is 12.0. The predicted molar refractivity (Wildman–Crippen MR) is 81.1 cm³/mol. The van der Waals surface area contributed by atoms with Crippen molar-refractivity contribution in [1.29, 1.82) is 0 Å². The number of H-pyrrole nitrogens is 1. The second-order valence-corrected chi connectivity index (χ2v) is 5.28. The largest absolute Gasteiger partial charge is 0.348 e. The molecule has 2 aromatic rings. The first-order valence-corrected chi connectivity index (χ1v) is 7.41. The lowest BCUT2D eigenvalue weighted by molar-refractivity contribution is 0.200. The third-order valence-corrected chi connectivity index (χ3v) is 3.88. The Bertz CT molecular complexity index is 571. The van der Waals surface area contributed by atoms with Crippen LogP contribution in [-0.4, -0.2) is 40.5 Å². The van der Waals surface area contributed by atoms with E-state index in [4.69, 9.17) is 0 Å². The summed E-state index contributed by atoms with van der Waals surface area (Å²) in [6.07, 6.45) is 4.27. The number of aromatic amines is 1. The van der Waals surface area contributed by atoms with Gasteiger partial charge in [-0.3, -0.25) is 0 Å². The van der Waals surface area contributed by atoms with Crippen LogP contribution in [0, 0.1) is 0 Å². The molecule has 1 aromatic heterocycles. The van der Waals surface area contributed by atoms with Crippen LogP contribution >= 0.6 is 0 Å². The fraction of sp³-hybridized carbons (Fsp3) is 0.375. The number of aromatic nitrogens is 2. The number of urea groups is 1. The summed E-state index contributed by atoms with van der Waals surface area (Å²) in [5.41, 5.74) is 3.50. The van der Waals surface area contributed by atoms with E-state index in [-0.39, 0.29) is 6.03 Å². The number of benzene rings is 1. The quantitative estimate of drug-likeness (QED) is 0.902. The molecule has 0 atom stereocenters. The van der Waals surface area contributed by atoms with Gasteiger partial charge in [0.2, 0.25) is 0 Å². The van der Waals surface area contributed by atoms with E-state index in [2.05, 4.69) is 27.4 Å². The standard InChI is InChI=1S/C16H20N4O/c21-16(17-9-6-13-4-2-1-3-5-13)20-10-7-14-15(8-11-20)19-12-18-14/h1-5,12H,6-11H2,(H,17,21)(H,18,19).